The van der Waals surface area contributed by atoms with Crippen molar-refractivity contribution in [2.75, 3.05) is 0 Å². The Morgan fingerprint density at radius 3 is 2.60 bits per heavy atom. The molecule has 1 aliphatic heterocycles. The number of allylic oxidation sites excluding steroid dienone is 2. The van der Waals surface area contributed by atoms with E-state index in [1.807, 2.05) is 0 Å². The molecule has 140 valence electrons. The lowest BCUT2D eigenvalue weighted by Crippen LogP contribution is -2.52. The van der Waals surface area contributed by atoms with Crippen LogP contribution >= 0.6 is 0 Å². The zero-order chi connectivity index (χ0) is 18.0. The van der Waals surface area contributed by atoms with E-state index in [0.717, 1.165) is 30.4 Å². The highest BCUT2D eigenvalue weighted by Gasteiger charge is 2.60. The number of ether oxygens (including phenoxy) is 2. The molecule has 0 amide bonds. The molecule has 0 radical (unpaired) electrons. The summed E-state index contributed by atoms with van der Waals surface area (Å²) in [4.78, 5) is 11.8. The van der Waals surface area contributed by atoms with E-state index < -0.39 is 0 Å². The van der Waals surface area contributed by atoms with Gasteiger partial charge in [-0.15, -0.1) is 0 Å². The summed E-state index contributed by atoms with van der Waals surface area (Å²) >= 11 is 0. The van der Waals surface area contributed by atoms with Crippen molar-refractivity contribution in [2.45, 2.75) is 91.3 Å². The highest BCUT2D eigenvalue weighted by atomic mass is 16.5. The van der Waals surface area contributed by atoms with E-state index in [1.165, 1.54) is 25.7 Å². The lowest BCUT2D eigenvalue weighted by Gasteiger charge is -2.56. The summed E-state index contributed by atoms with van der Waals surface area (Å²) in [5, 5.41) is 0. The van der Waals surface area contributed by atoms with Crippen LogP contribution in [0.2, 0.25) is 0 Å². The molecule has 3 nitrogen and oxygen atoms in total. The van der Waals surface area contributed by atoms with E-state index in [2.05, 4.69) is 40.7 Å². The van der Waals surface area contributed by atoms with Gasteiger partial charge in [-0.1, -0.05) is 13.8 Å². The van der Waals surface area contributed by atoms with Gasteiger partial charge in [0.2, 0.25) is 0 Å². The molecule has 3 aliphatic carbocycles. The fourth-order valence-corrected chi connectivity index (χ4v) is 6.64. The van der Waals surface area contributed by atoms with E-state index in [9.17, 15) is 4.79 Å². The quantitative estimate of drug-likeness (QED) is 0.609. The lowest BCUT2D eigenvalue weighted by molar-refractivity contribution is -0.157. The Morgan fingerprint density at radius 1 is 1.12 bits per heavy atom. The normalized spacial score (nSPS) is 46.6. The van der Waals surface area contributed by atoms with E-state index in [1.54, 1.807) is 0 Å². The smallest absolute Gasteiger partial charge is 0.310 e. The van der Waals surface area contributed by atoms with Crippen molar-refractivity contribution in [3.63, 3.8) is 0 Å². The molecule has 1 saturated heterocycles. The molecule has 25 heavy (non-hydrogen) atoms. The zero-order valence-corrected chi connectivity index (χ0v) is 16.6. The van der Waals surface area contributed by atoms with Gasteiger partial charge in [-0.05, 0) is 88.5 Å². The average molecular weight is 347 g/mol. The molecule has 1 heterocycles. The molecule has 3 heteroatoms. The summed E-state index contributed by atoms with van der Waals surface area (Å²) in [6, 6.07) is 0. The van der Waals surface area contributed by atoms with Crippen LogP contribution in [0.5, 0.6) is 0 Å². The fourth-order valence-electron chi connectivity index (χ4n) is 6.64. The van der Waals surface area contributed by atoms with Crippen LogP contribution in [0.15, 0.2) is 11.8 Å². The first-order valence-corrected chi connectivity index (χ1v) is 10.2. The molecule has 0 bridgehead atoms. The van der Waals surface area contributed by atoms with Crippen molar-refractivity contribution in [2.24, 2.45) is 28.6 Å². The van der Waals surface area contributed by atoms with Gasteiger partial charge in [-0.3, -0.25) is 4.79 Å². The number of esters is 1. The molecule has 4 aliphatic rings. The maximum atomic E-state index is 11.8. The predicted molar refractivity (Wildman–Crippen MR) is 97.8 cm³/mol. The second-order valence-electron chi connectivity index (χ2n) is 10.4. The minimum absolute atomic E-state index is 0.0395. The number of fused-ring (bicyclic) bond motifs is 5. The third-order valence-electron chi connectivity index (χ3n) is 7.87. The van der Waals surface area contributed by atoms with E-state index in [-0.39, 0.29) is 17.0 Å². The molecule has 0 aromatic rings. The Bertz CT molecular complexity index is 601. The second kappa shape index (κ2) is 5.58. The number of rotatable bonds is 1. The summed E-state index contributed by atoms with van der Waals surface area (Å²) < 4.78 is 12.2. The van der Waals surface area contributed by atoms with Crippen LogP contribution in [0, 0.1) is 28.6 Å². The van der Waals surface area contributed by atoms with E-state index >= 15 is 0 Å². The Kier molecular flexibility index (Phi) is 3.92. The van der Waals surface area contributed by atoms with Crippen LogP contribution in [0.1, 0.15) is 79.6 Å². The number of carbonyl (C=O) groups is 1. The van der Waals surface area contributed by atoms with Crippen LogP contribution in [0.25, 0.3) is 0 Å². The average Bonchev–Trinajstić information content (AvgIpc) is 2.83. The monoisotopic (exact) mass is 346 g/mol. The van der Waals surface area contributed by atoms with Crippen molar-refractivity contribution < 1.29 is 14.3 Å². The van der Waals surface area contributed by atoms with E-state index in [0.29, 0.717) is 23.9 Å². The molecule has 0 aromatic heterocycles. The van der Waals surface area contributed by atoms with Gasteiger partial charge in [0, 0.05) is 11.8 Å². The van der Waals surface area contributed by atoms with Gasteiger partial charge in [0.05, 0.1) is 11.7 Å². The first-order valence-electron chi connectivity index (χ1n) is 10.2. The molecule has 0 aromatic carbocycles. The molecule has 4 rings (SSSR count). The first kappa shape index (κ1) is 17.6. The van der Waals surface area contributed by atoms with Gasteiger partial charge in [-0.2, -0.15) is 0 Å². The summed E-state index contributed by atoms with van der Waals surface area (Å²) in [5.41, 5.74) is 0.311. The second-order valence-corrected chi connectivity index (χ2v) is 10.4. The van der Waals surface area contributed by atoms with E-state index in [4.69, 9.17) is 9.47 Å². The Labute approximate surface area is 152 Å². The highest BCUT2D eigenvalue weighted by Crippen LogP contribution is 2.64. The minimum atomic E-state index is -0.0669. The Morgan fingerprint density at radius 2 is 1.88 bits per heavy atom. The molecule has 2 saturated carbocycles. The van der Waals surface area contributed by atoms with Crippen LogP contribution in [-0.2, 0) is 14.3 Å². The van der Waals surface area contributed by atoms with Crippen molar-refractivity contribution in [3.8, 4) is 0 Å². The molecule has 3 fully saturated rings. The number of carbonyl (C=O) groups excluding carboxylic acids is 1. The summed E-state index contributed by atoms with van der Waals surface area (Å²) in [6.45, 7) is 11.4. The number of hydrogen-bond donors (Lipinski definition) is 0. The van der Waals surface area contributed by atoms with Crippen LogP contribution in [0.3, 0.4) is 0 Å². The minimum Gasteiger partial charge on any atom is -0.431 e. The fraction of sp³-hybridized carbons (Fsp3) is 0.864. The number of hydrogen-bond acceptors (Lipinski definition) is 3. The van der Waals surface area contributed by atoms with Gasteiger partial charge in [0.15, 0.2) is 0 Å². The third-order valence-corrected chi connectivity index (χ3v) is 7.87. The predicted octanol–water partition coefficient (Wildman–Crippen LogP) is 5.24. The van der Waals surface area contributed by atoms with Crippen LogP contribution in [0.4, 0.5) is 0 Å². The molecular weight excluding hydrogens is 312 g/mol. The van der Waals surface area contributed by atoms with Gasteiger partial charge in [0.1, 0.15) is 5.76 Å². The standard InChI is InChI=1S/C22H34O3/c1-20(2,3)25-18-9-7-15-14-6-8-17-21(4,13-11-19(23)24-17)16(14)10-12-22(15,18)5/h8,14-16,18H,6-7,9-13H2,1-5H3/t14-,15-,16-,18-,21+,22-/m0/s1. The lowest BCUT2D eigenvalue weighted by atomic mass is 9.50. The Hall–Kier alpha value is -0.830. The SMILES string of the molecule is CC(C)(C)O[C@H]1CC[C@H]2[C@@H]3CC=C4OC(=O)CC[C@]4(C)[C@H]3CC[C@]12C. The molecular formula is C22H34O3. The first-order chi connectivity index (χ1) is 11.6. The maximum Gasteiger partial charge on any atom is 0.310 e. The van der Waals surface area contributed by atoms with Gasteiger partial charge in [0.25, 0.3) is 0 Å². The third kappa shape index (κ3) is 2.69. The maximum absolute atomic E-state index is 11.8. The van der Waals surface area contributed by atoms with Gasteiger partial charge < -0.3 is 9.47 Å². The van der Waals surface area contributed by atoms with Crippen molar-refractivity contribution in [1.82, 2.24) is 0 Å². The summed E-state index contributed by atoms with van der Waals surface area (Å²) in [5.74, 6) is 3.06. The van der Waals surface area contributed by atoms with Crippen LogP contribution < -0.4 is 0 Å². The van der Waals surface area contributed by atoms with Gasteiger partial charge >= 0.3 is 5.97 Å². The topological polar surface area (TPSA) is 35.5 Å². The molecule has 0 N–H and O–H groups in total. The van der Waals surface area contributed by atoms with Crippen molar-refractivity contribution in [1.29, 1.82) is 0 Å². The molecule has 0 unspecified atom stereocenters. The highest BCUT2D eigenvalue weighted by molar-refractivity contribution is 5.72. The summed E-state index contributed by atoms with van der Waals surface area (Å²) in [7, 11) is 0. The largest absolute Gasteiger partial charge is 0.431 e. The molecule has 0 spiro atoms. The van der Waals surface area contributed by atoms with Crippen LogP contribution in [-0.4, -0.2) is 17.7 Å². The van der Waals surface area contributed by atoms with Crippen molar-refractivity contribution >= 4 is 5.97 Å². The van der Waals surface area contributed by atoms with Crippen molar-refractivity contribution in [3.05, 3.63) is 11.8 Å². The zero-order valence-electron chi connectivity index (χ0n) is 16.6. The summed E-state index contributed by atoms with van der Waals surface area (Å²) in [6.07, 6.45) is 10.2. The Balaban J connectivity index is 1.61. The van der Waals surface area contributed by atoms with Gasteiger partial charge in [-0.25, -0.2) is 0 Å². The molecule has 6 atom stereocenters.